The molecule has 0 aliphatic carbocycles. The van der Waals surface area contributed by atoms with Crippen molar-refractivity contribution in [2.24, 2.45) is 5.92 Å². The molecule has 1 amide bonds. The Morgan fingerprint density at radius 3 is 2.31 bits per heavy atom. The van der Waals surface area contributed by atoms with Crippen LogP contribution in [0.2, 0.25) is 0 Å². The molecule has 0 bridgehead atoms. The number of hydrogen-bond acceptors (Lipinski definition) is 2. The average molecular weight is 411 g/mol. The van der Waals surface area contributed by atoms with Crippen molar-refractivity contribution in [3.8, 4) is 6.07 Å². The van der Waals surface area contributed by atoms with Crippen LogP contribution in [0.4, 0.5) is 5.69 Å². The van der Waals surface area contributed by atoms with E-state index in [0.717, 1.165) is 13.4 Å². The zero-order valence-corrected chi connectivity index (χ0v) is 13.0. The predicted octanol–water partition coefficient (Wildman–Crippen LogP) is 4.07. The second-order valence-electron chi connectivity index (χ2n) is 3.08. The van der Waals surface area contributed by atoms with Crippen molar-refractivity contribution in [1.29, 1.82) is 5.26 Å². The Kier molecular flexibility index (Phi) is 4.96. The van der Waals surface area contributed by atoms with Gasteiger partial charge >= 0.3 is 0 Å². The number of hydrogen-bond donors (Lipinski definition) is 1. The van der Waals surface area contributed by atoms with Crippen LogP contribution < -0.4 is 5.32 Å². The fraction of sp³-hybridized carbons (Fsp3) is 0.200. The summed E-state index contributed by atoms with van der Waals surface area (Å²) in [6, 6.07) is 5.52. The lowest BCUT2D eigenvalue weighted by atomic mass is 10.2. The molecule has 1 N–H and O–H groups in total. The molecule has 0 heterocycles. The highest BCUT2D eigenvalue weighted by atomic mass is 79.9. The predicted molar refractivity (Wildman–Crippen MR) is 72.9 cm³/mol. The van der Waals surface area contributed by atoms with E-state index in [2.05, 4.69) is 53.1 Å². The van der Waals surface area contributed by atoms with Gasteiger partial charge in [-0.1, -0.05) is 15.9 Å². The van der Waals surface area contributed by atoms with Crippen molar-refractivity contribution in [1.82, 2.24) is 0 Å². The van der Waals surface area contributed by atoms with Gasteiger partial charge in [0.25, 0.3) is 0 Å². The van der Waals surface area contributed by atoms with Crippen LogP contribution in [0.3, 0.4) is 0 Å². The maximum atomic E-state index is 11.5. The molecule has 1 aromatic rings. The Morgan fingerprint density at radius 1 is 1.38 bits per heavy atom. The fourth-order valence-electron chi connectivity index (χ4n) is 0.952. The quantitative estimate of drug-likeness (QED) is 0.799. The Balaban J connectivity index is 2.99. The fourth-order valence-corrected chi connectivity index (χ4v) is 3.41. The molecule has 1 atom stereocenters. The van der Waals surface area contributed by atoms with E-state index in [1.807, 2.05) is 18.2 Å². The molecule has 0 fully saturated rings. The van der Waals surface area contributed by atoms with E-state index < -0.39 is 5.92 Å². The third kappa shape index (κ3) is 3.30. The molecule has 1 unspecified atom stereocenters. The van der Waals surface area contributed by atoms with Crippen LogP contribution in [0.15, 0.2) is 25.6 Å². The molecule has 0 spiro atoms. The van der Waals surface area contributed by atoms with Crippen molar-refractivity contribution in [3.05, 3.63) is 25.6 Å². The van der Waals surface area contributed by atoms with Gasteiger partial charge in [-0.3, -0.25) is 4.79 Å². The number of nitrogens with one attached hydrogen (secondary N) is 1. The van der Waals surface area contributed by atoms with E-state index in [4.69, 9.17) is 5.26 Å². The van der Waals surface area contributed by atoms with Crippen LogP contribution in [0.25, 0.3) is 0 Å². The van der Waals surface area contributed by atoms with Gasteiger partial charge in [0.1, 0.15) is 5.92 Å². The normalized spacial score (nSPS) is 11.7. The number of carbonyl (C=O) groups excluding carboxylic acids is 1. The van der Waals surface area contributed by atoms with Crippen molar-refractivity contribution in [2.45, 2.75) is 6.92 Å². The largest absolute Gasteiger partial charge is 0.323 e. The van der Waals surface area contributed by atoms with Crippen molar-refractivity contribution in [3.63, 3.8) is 0 Å². The summed E-state index contributed by atoms with van der Waals surface area (Å²) in [6.07, 6.45) is 0. The van der Waals surface area contributed by atoms with Gasteiger partial charge in [0, 0.05) is 13.4 Å². The lowest BCUT2D eigenvalue weighted by molar-refractivity contribution is -0.117. The van der Waals surface area contributed by atoms with Gasteiger partial charge in [-0.2, -0.15) is 5.26 Å². The second-order valence-corrected chi connectivity index (χ2v) is 5.71. The van der Waals surface area contributed by atoms with Crippen LogP contribution in [0.5, 0.6) is 0 Å². The van der Waals surface area contributed by atoms with Gasteiger partial charge in [0.05, 0.1) is 11.8 Å². The molecule has 16 heavy (non-hydrogen) atoms. The first-order valence-corrected chi connectivity index (χ1v) is 6.68. The molecular weight excluding hydrogens is 404 g/mol. The Hall–Kier alpha value is -0.380. The van der Waals surface area contributed by atoms with E-state index in [1.54, 1.807) is 6.92 Å². The second kappa shape index (κ2) is 5.80. The molecule has 0 saturated heterocycles. The highest BCUT2D eigenvalue weighted by Gasteiger charge is 2.15. The average Bonchev–Trinajstić information content (AvgIpc) is 2.21. The summed E-state index contributed by atoms with van der Waals surface area (Å²) in [6.45, 7) is 1.55. The summed E-state index contributed by atoms with van der Waals surface area (Å²) in [5, 5.41) is 11.3. The van der Waals surface area contributed by atoms with E-state index >= 15 is 0 Å². The number of anilines is 1. The van der Waals surface area contributed by atoms with E-state index in [9.17, 15) is 4.79 Å². The number of nitrogens with zero attached hydrogens (tertiary/aromatic N) is 1. The molecule has 3 nitrogen and oxygen atoms in total. The summed E-state index contributed by atoms with van der Waals surface area (Å²) < 4.78 is 2.37. The highest BCUT2D eigenvalue weighted by molar-refractivity contribution is 9.11. The maximum Gasteiger partial charge on any atom is 0.241 e. The molecular formula is C10H7Br3N2O. The van der Waals surface area contributed by atoms with Crippen LogP contribution in [-0.2, 0) is 4.79 Å². The minimum absolute atomic E-state index is 0.328. The van der Waals surface area contributed by atoms with Gasteiger partial charge in [-0.15, -0.1) is 0 Å². The number of benzene rings is 1. The number of rotatable bonds is 2. The highest BCUT2D eigenvalue weighted by Crippen LogP contribution is 2.34. The Labute approximate surface area is 119 Å². The molecule has 0 aromatic heterocycles. The van der Waals surface area contributed by atoms with Gasteiger partial charge < -0.3 is 5.32 Å². The summed E-state index contributed by atoms with van der Waals surface area (Å²) in [5.41, 5.74) is 0.621. The zero-order chi connectivity index (χ0) is 12.3. The minimum atomic E-state index is -0.678. The van der Waals surface area contributed by atoms with Crippen LogP contribution in [-0.4, -0.2) is 5.91 Å². The zero-order valence-electron chi connectivity index (χ0n) is 8.22. The minimum Gasteiger partial charge on any atom is -0.323 e. The van der Waals surface area contributed by atoms with Crippen molar-refractivity contribution >= 4 is 59.4 Å². The van der Waals surface area contributed by atoms with Gasteiger partial charge in [-0.25, -0.2) is 0 Å². The van der Waals surface area contributed by atoms with E-state index in [1.165, 1.54) is 0 Å². The van der Waals surface area contributed by atoms with Crippen molar-refractivity contribution < 1.29 is 4.79 Å². The summed E-state index contributed by atoms with van der Waals surface area (Å²) in [7, 11) is 0. The first kappa shape index (κ1) is 13.7. The first-order chi connectivity index (χ1) is 7.45. The lowest BCUT2D eigenvalue weighted by Crippen LogP contribution is -2.19. The third-order valence-corrected chi connectivity index (χ3v) is 3.55. The smallest absolute Gasteiger partial charge is 0.241 e. The molecule has 0 aliphatic heterocycles. The van der Waals surface area contributed by atoms with Crippen LogP contribution >= 0.6 is 47.8 Å². The van der Waals surface area contributed by atoms with Gasteiger partial charge in [0.15, 0.2) is 0 Å². The number of nitriles is 1. The summed E-state index contributed by atoms with van der Waals surface area (Å²) in [5.74, 6) is -1.01. The van der Waals surface area contributed by atoms with Crippen LogP contribution in [0, 0.1) is 17.2 Å². The Morgan fingerprint density at radius 2 is 1.88 bits per heavy atom. The van der Waals surface area contributed by atoms with E-state index in [-0.39, 0.29) is 5.91 Å². The topological polar surface area (TPSA) is 52.9 Å². The monoisotopic (exact) mass is 408 g/mol. The molecule has 0 aliphatic rings. The summed E-state index contributed by atoms with van der Waals surface area (Å²) >= 11 is 10.0. The van der Waals surface area contributed by atoms with Gasteiger partial charge in [0.2, 0.25) is 5.91 Å². The lowest BCUT2D eigenvalue weighted by Gasteiger charge is -2.11. The summed E-state index contributed by atoms with van der Waals surface area (Å²) in [4.78, 5) is 11.5. The maximum absolute atomic E-state index is 11.5. The first-order valence-electron chi connectivity index (χ1n) is 4.30. The standard InChI is InChI=1S/C10H7Br3N2O/c1-5(4-14)10(16)15-9-7(12)2-6(11)3-8(9)13/h2-3,5H,1H3,(H,15,16). The molecule has 1 aromatic carbocycles. The number of halogens is 3. The van der Waals surface area contributed by atoms with Crippen molar-refractivity contribution in [2.75, 3.05) is 5.32 Å². The molecule has 84 valence electrons. The molecule has 6 heteroatoms. The number of amides is 1. The molecule has 0 radical (unpaired) electrons. The SMILES string of the molecule is CC(C#N)C(=O)Nc1c(Br)cc(Br)cc1Br. The van der Waals surface area contributed by atoms with Gasteiger partial charge in [-0.05, 0) is 50.9 Å². The molecule has 0 saturated carbocycles. The number of carbonyl (C=O) groups is 1. The Bertz CT molecular complexity index is 445. The molecule has 1 rings (SSSR count). The third-order valence-electron chi connectivity index (χ3n) is 1.84. The van der Waals surface area contributed by atoms with E-state index in [0.29, 0.717) is 5.69 Å². The van der Waals surface area contributed by atoms with Crippen LogP contribution in [0.1, 0.15) is 6.92 Å².